The minimum Gasteiger partial charge on any atom is -0.348 e. The lowest BCUT2D eigenvalue weighted by Gasteiger charge is -2.33. The van der Waals surface area contributed by atoms with E-state index in [-0.39, 0.29) is 0 Å². The zero-order chi connectivity index (χ0) is 12.4. The average molecular weight is 286 g/mol. The van der Waals surface area contributed by atoms with Gasteiger partial charge < -0.3 is 9.80 Å². The molecule has 18 heavy (non-hydrogen) atoms. The molecule has 5 heteroatoms. The molecule has 2 fully saturated rings. The quantitative estimate of drug-likeness (QED) is 0.851. The molecule has 0 N–H and O–H groups in total. The third-order valence-corrected chi connectivity index (χ3v) is 5.29. The second-order valence-electron chi connectivity index (χ2n) is 5.39. The van der Waals surface area contributed by atoms with Crippen molar-refractivity contribution in [3.8, 4) is 0 Å². The Balaban J connectivity index is 1.48. The minimum absolute atomic E-state index is 0.634. The molecule has 0 aromatic carbocycles. The zero-order valence-corrected chi connectivity index (χ0v) is 12.2. The van der Waals surface area contributed by atoms with Crippen LogP contribution in [0.2, 0.25) is 5.15 Å². The van der Waals surface area contributed by atoms with E-state index in [1.165, 1.54) is 45.3 Å². The Bertz CT molecular complexity index is 381. The van der Waals surface area contributed by atoms with Gasteiger partial charge in [0, 0.05) is 25.0 Å². The molecule has 2 aliphatic heterocycles. The molecule has 100 valence electrons. The van der Waals surface area contributed by atoms with E-state index in [9.17, 15) is 0 Å². The Hall–Kier alpha value is -0.320. The first kappa shape index (κ1) is 12.7. The lowest BCUT2D eigenvalue weighted by atomic mass is 9.96. The lowest BCUT2D eigenvalue weighted by molar-refractivity contribution is 0.249. The van der Waals surface area contributed by atoms with Gasteiger partial charge in [-0.1, -0.05) is 11.6 Å². The average Bonchev–Trinajstić information content (AvgIpc) is 3.02. The summed E-state index contributed by atoms with van der Waals surface area (Å²) in [7, 11) is 0. The molecule has 3 rings (SSSR count). The highest BCUT2D eigenvalue weighted by Crippen LogP contribution is 2.28. The number of likely N-dealkylation sites (tertiary alicyclic amines) is 1. The van der Waals surface area contributed by atoms with Gasteiger partial charge in [0.05, 0.1) is 0 Å². The zero-order valence-electron chi connectivity index (χ0n) is 10.6. The molecule has 3 heterocycles. The summed E-state index contributed by atoms with van der Waals surface area (Å²) in [5.74, 6) is 0.884. The topological polar surface area (TPSA) is 19.4 Å². The lowest BCUT2D eigenvalue weighted by Crippen LogP contribution is -2.38. The summed E-state index contributed by atoms with van der Waals surface area (Å²) < 4.78 is 0. The van der Waals surface area contributed by atoms with Crippen LogP contribution in [0.3, 0.4) is 0 Å². The maximum Gasteiger partial charge on any atom is 0.186 e. The smallest absolute Gasteiger partial charge is 0.186 e. The van der Waals surface area contributed by atoms with Gasteiger partial charge in [0.2, 0.25) is 0 Å². The number of hydrogen-bond donors (Lipinski definition) is 0. The molecule has 0 amide bonds. The highest BCUT2D eigenvalue weighted by molar-refractivity contribution is 7.14. The number of thiazole rings is 1. The molecule has 0 atom stereocenters. The van der Waals surface area contributed by atoms with E-state index < -0.39 is 0 Å². The summed E-state index contributed by atoms with van der Waals surface area (Å²) in [6.45, 7) is 6.24. The number of piperidine rings is 1. The highest BCUT2D eigenvalue weighted by atomic mass is 35.5. The summed E-state index contributed by atoms with van der Waals surface area (Å²) in [6.07, 6.45) is 5.40. The maximum atomic E-state index is 5.89. The minimum atomic E-state index is 0.634. The largest absolute Gasteiger partial charge is 0.348 e. The van der Waals surface area contributed by atoms with Gasteiger partial charge in [-0.05, 0) is 44.7 Å². The van der Waals surface area contributed by atoms with E-state index in [0.717, 1.165) is 24.1 Å². The van der Waals surface area contributed by atoms with Crippen LogP contribution < -0.4 is 4.90 Å². The van der Waals surface area contributed by atoms with Crippen molar-refractivity contribution < 1.29 is 0 Å². The summed E-state index contributed by atoms with van der Waals surface area (Å²) in [5.41, 5.74) is 0. The Morgan fingerprint density at radius 1 is 1.22 bits per heavy atom. The van der Waals surface area contributed by atoms with E-state index in [1.54, 1.807) is 11.3 Å². The van der Waals surface area contributed by atoms with Gasteiger partial charge in [-0.25, -0.2) is 4.98 Å². The second-order valence-corrected chi connectivity index (χ2v) is 6.61. The summed E-state index contributed by atoms with van der Waals surface area (Å²) in [4.78, 5) is 9.39. The van der Waals surface area contributed by atoms with Crippen LogP contribution >= 0.6 is 22.9 Å². The van der Waals surface area contributed by atoms with Crippen LogP contribution in [0.1, 0.15) is 25.7 Å². The molecule has 0 radical (unpaired) electrons. The van der Waals surface area contributed by atoms with Gasteiger partial charge in [0.15, 0.2) is 5.13 Å². The molecule has 2 saturated heterocycles. The Morgan fingerprint density at radius 3 is 2.56 bits per heavy atom. The van der Waals surface area contributed by atoms with Gasteiger partial charge in [0.1, 0.15) is 5.15 Å². The first-order chi connectivity index (χ1) is 8.81. The van der Waals surface area contributed by atoms with Crippen LogP contribution in [0.4, 0.5) is 5.13 Å². The fourth-order valence-electron chi connectivity index (χ4n) is 3.03. The van der Waals surface area contributed by atoms with E-state index in [1.807, 2.05) is 5.38 Å². The van der Waals surface area contributed by atoms with Crippen molar-refractivity contribution in [1.82, 2.24) is 9.88 Å². The Kier molecular flexibility index (Phi) is 4.07. The van der Waals surface area contributed by atoms with Crippen LogP contribution in [0.5, 0.6) is 0 Å². The second kappa shape index (κ2) is 5.76. The fourth-order valence-corrected chi connectivity index (χ4v) is 4.03. The number of halogens is 1. The molecular formula is C13H20ClN3S. The van der Waals surface area contributed by atoms with Crippen molar-refractivity contribution >= 4 is 28.1 Å². The normalized spacial score (nSPS) is 22.8. The predicted molar refractivity (Wildman–Crippen MR) is 77.7 cm³/mol. The van der Waals surface area contributed by atoms with Gasteiger partial charge in [-0.15, -0.1) is 11.3 Å². The monoisotopic (exact) mass is 285 g/mol. The van der Waals surface area contributed by atoms with Crippen LogP contribution in [0.15, 0.2) is 5.38 Å². The van der Waals surface area contributed by atoms with Gasteiger partial charge >= 0.3 is 0 Å². The van der Waals surface area contributed by atoms with Crippen LogP contribution in [-0.2, 0) is 0 Å². The number of nitrogens with zero attached hydrogens (tertiary/aromatic N) is 3. The number of hydrogen-bond acceptors (Lipinski definition) is 4. The van der Waals surface area contributed by atoms with Crippen molar-refractivity contribution in [1.29, 1.82) is 0 Å². The molecule has 0 unspecified atom stereocenters. The molecule has 0 saturated carbocycles. The first-order valence-corrected chi connectivity index (χ1v) is 8.15. The first-order valence-electron chi connectivity index (χ1n) is 6.89. The van der Waals surface area contributed by atoms with E-state index in [4.69, 9.17) is 11.6 Å². The molecule has 0 aliphatic carbocycles. The predicted octanol–water partition coefficient (Wildman–Crippen LogP) is 3.11. The van der Waals surface area contributed by atoms with E-state index in [0.29, 0.717) is 5.15 Å². The van der Waals surface area contributed by atoms with Gasteiger partial charge in [0.25, 0.3) is 0 Å². The van der Waals surface area contributed by atoms with Crippen molar-refractivity contribution in [3.63, 3.8) is 0 Å². The molecular weight excluding hydrogens is 266 g/mol. The molecule has 1 aromatic heterocycles. The maximum absolute atomic E-state index is 5.89. The Labute approximate surface area is 118 Å². The molecule has 2 aliphatic rings. The van der Waals surface area contributed by atoms with Crippen molar-refractivity contribution in [2.45, 2.75) is 25.7 Å². The van der Waals surface area contributed by atoms with Crippen LogP contribution in [-0.4, -0.2) is 42.6 Å². The van der Waals surface area contributed by atoms with Crippen molar-refractivity contribution in [2.24, 2.45) is 5.92 Å². The van der Waals surface area contributed by atoms with E-state index in [2.05, 4.69) is 14.8 Å². The number of rotatable bonds is 3. The van der Waals surface area contributed by atoms with Crippen molar-refractivity contribution in [2.75, 3.05) is 37.6 Å². The Morgan fingerprint density at radius 2 is 1.94 bits per heavy atom. The van der Waals surface area contributed by atoms with E-state index >= 15 is 0 Å². The van der Waals surface area contributed by atoms with Gasteiger partial charge in [-0.3, -0.25) is 0 Å². The number of anilines is 1. The van der Waals surface area contributed by atoms with Crippen LogP contribution in [0.25, 0.3) is 0 Å². The molecule has 0 bridgehead atoms. The summed E-state index contributed by atoms with van der Waals surface area (Å²) in [5, 5.41) is 3.65. The third kappa shape index (κ3) is 2.98. The standard InChI is InChI=1S/C13H20ClN3S/c14-12-10-18-13(15-12)17-7-3-11(4-8-17)9-16-5-1-2-6-16/h10-11H,1-9H2. The van der Waals surface area contributed by atoms with Crippen LogP contribution in [0, 0.1) is 5.92 Å². The number of aromatic nitrogens is 1. The SMILES string of the molecule is Clc1csc(N2CCC(CN3CCCC3)CC2)n1. The molecule has 3 nitrogen and oxygen atoms in total. The molecule has 0 spiro atoms. The highest BCUT2D eigenvalue weighted by Gasteiger charge is 2.23. The summed E-state index contributed by atoms with van der Waals surface area (Å²) in [6, 6.07) is 0. The third-order valence-electron chi connectivity index (χ3n) is 4.06. The molecule has 1 aromatic rings. The fraction of sp³-hybridized carbons (Fsp3) is 0.769. The van der Waals surface area contributed by atoms with Gasteiger partial charge in [-0.2, -0.15) is 0 Å². The van der Waals surface area contributed by atoms with Crippen molar-refractivity contribution in [3.05, 3.63) is 10.5 Å². The summed E-state index contributed by atoms with van der Waals surface area (Å²) >= 11 is 7.55.